The summed E-state index contributed by atoms with van der Waals surface area (Å²) < 4.78 is 7.37. The molecule has 0 aliphatic rings. The molecule has 1 aromatic heterocycles. The van der Waals surface area contributed by atoms with Crippen LogP contribution in [0, 0.1) is 6.92 Å². The second-order valence-corrected chi connectivity index (χ2v) is 6.60. The summed E-state index contributed by atoms with van der Waals surface area (Å²) in [5.74, 6) is 1.22. The summed E-state index contributed by atoms with van der Waals surface area (Å²) in [6.45, 7) is 2.08. The van der Waals surface area contributed by atoms with Crippen LogP contribution in [0.3, 0.4) is 0 Å². The van der Waals surface area contributed by atoms with Crippen LogP contribution in [0.2, 0.25) is 0 Å². The third kappa shape index (κ3) is 4.79. The number of rotatable bonds is 7. The summed E-state index contributed by atoms with van der Waals surface area (Å²) in [4.78, 5) is 12.4. The third-order valence-electron chi connectivity index (χ3n) is 4.37. The Morgan fingerprint density at radius 1 is 1.00 bits per heavy atom. The largest absolute Gasteiger partial charge is 0.457 e. The van der Waals surface area contributed by atoms with Crippen molar-refractivity contribution in [3.63, 3.8) is 0 Å². The molecule has 0 unspecified atom stereocenters. The van der Waals surface area contributed by atoms with Crippen LogP contribution < -0.4 is 15.4 Å². The van der Waals surface area contributed by atoms with Gasteiger partial charge in [0, 0.05) is 17.4 Å². The van der Waals surface area contributed by atoms with E-state index >= 15 is 0 Å². The normalized spacial score (nSPS) is 10.4. The van der Waals surface area contributed by atoms with Gasteiger partial charge in [0.1, 0.15) is 17.8 Å². The SMILES string of the molecule is Cc1ccc(-n2cnnn2)cc1NCC(=O)Nc1cccc(Oc2ccccc2)c1. The van der Waals surface area contributed by atoms with Gasteiger partial charge in [-0.25, -0.2) is 4.68 Å². The van der Waals surface area contributed by atoms with Gasteiger partial charge in [-0.1, -0.05) is 30.3 Å². The van der Waals surface area contributed by atoms with E-state index in [0.717, 1.165) is 22.7 Å². The molecule has 2 N–H and O–H groups in total. The fraction of sp³-hybridized carbons (Fsp3) is 0.0909. The number of nitrogens with one attached hydrogen (secondary N) is 2. The molecule has 30 heavy (non-hydrogen) atoms. The first-order chi connectivity index (χ1) is 14.7. The van der Waals surface area contributed by atoms with Crippen molar-refractivity contribution in [2.24, 2.45) is 0 Å². The second kappa shape index (κ2) is 8.87. The summed E-state index contributed by atoms with van der Waals surface area (Å²) in [6.07, 6.45) is 1.52. The Kier molecular flexibility index (Phi) is 5.66. The Morgan fingerprint density at radius 2 is 1.83 bits per heavy atom. The lowest BCUT2D eigenvalue weighted by Crippen LogP contribution is -2.22. The van der Waals surface area contributed by atoms with E-state index in [1.54, 1.807) is 10.7 Å². The Labute approximate surface area is 173 Å². The maximum Gasteiger partial charge on any atom is 0.243 e. The summed E-state index contributed by atoms with van der Waals surface area (Å²) in [5, 5.41) is 17.2. The molecule has 4 rings (SSSR count). The molecule has 0 aliphatic carbocycles. The van der Waals surface area contributed by atoms with Crippen molar-refractivity contribution < 1.29 is 9.53 Å². The number of anilines is 2. The molecular weight excluding hydrogens is 380 g/mol. The lowest BCUT2D eigenvalue weighted by Gasteiger charge is -2.12. The average molecular weight is 400 g/mol. The number of aromatic nitrogens is 4. The summed E-state index contributed by atoms with van der Waals surface area (Å²) >= 11 is 0. The molecule has 0 aliphatic heterocycles. The standard InChI is InChI=1S/C22H20N6O2/c1-16-10-11-18(28-15-24-26-27-28)13-21(16)23-14-22(29)25-17-6-5-9-20(12-17)30-19-7-3-2-4-8-19/h2-13,15,23H,14H2,1H3,(H,25,29). The van der Waals surface area contributed by atoms with Crippen molar-refractivity contribution in [1.82, 2.24) is 20.2 Å². The number of carbonyl (C=O) groups excluding carboxylic acids is 1. The average Bonchev–Trinajstić information content (AvgIpc) is 3.29. The lowest BCUT2D eigenvalue weighted by molar-refractivity contribution is -0.114. The monoisotopic (exact) mass is 400 g/mol. The Bertz CT molecular complexity index is 1130. The summed E-state index contributed by atoms with van der Waals surface area (Å²) in [7, 11) is 0. The minimum Gasteiger partial charge on any atom is -0.457 e. The van der Waals surface area contributed by atoms with Crippen molar-refractivity contribution in [2.75, 3.05) is 17.2 Å². The Balaban J connectivity index is 1.37. The number of amides is 1. The molecule has 3 aromatic carbocycles. The number of tetrazole rings is 1. The highest BCUT2D eigenvalue weighted by Crippen LogP contribution is 2.24. The molecule has 8 nitrogen and oxygen atoms in total. The third-order valence-corrected chi connectivity index (χ3v) is 4.37. The van der Waals surface area contributed by atoms with Gasteiger partial charge >= 0.3 is 0 Å². The highest BCUT2D eigenvalue weighted by atomic mass is 16.5. The van der Waals surface area contributed by atoms with Crippen LogP contribution >= 0.6 is 0 Å². The number of para-hydroxylation sites is 1. The number of benzene rings is 3. The highest BCUT2D eigenvalue weighted by Gasteiger charge is 2.07. The predicted molar refractivity (Wildman–Crippen MR) is 114 cm³/mol. The maximum atomic E-state index is 12.4. The van der Waals surface area contributed by atoms with Crippen LogP contribution in [0.1, 0.15) is 5.56 Å². The number of ether oxygens (including phenoxy) is 1. The molecule has 8 heteroatoms. The van der Waals surface area contributed by atoms with E-state index in [1.165, 1.54) is 6.33 Å². The van der Waals surface area contributed by atoms with Crippen LogP contribution in [0.4, 0.5) is 11.4 Å². The van der Waals surface area contributed by atoms with Gasteiger partial charge in [-0.2, -0.15) is 0 Å². The molecule has 0 radical (unpaired) electrons. The van der Waals surface area contributed by atoms with Gasteiger partial charge < -0.3 is 15.4 Å². The van der Waals surface area contributed by atoms with E-state index in [1.807, 2.05) is 73.7 Å². The smallest absolute Gasteiger partial charge is 0.243 e. The van der Waals surface area contributed by atoms with Crippen molar-refractivity contribution in [3.05, 3.63) is 84.7 Å². The molecule has 1 heterocycles. The quantitative estimate of drug-likeness (QED) is 0.490. The summed E-state index contributed by atoms with van der Waals surface area (Å²) in [5.41, 5.74) is 3.31. The first kappa shape index (κ1) is 19.1. The molecule has 0 bridgehead atoms. The van der Waals surface area contributed by atoms with Gasteiger partial charge in [0.05, 0.1) is 12.2 Å². The first-order valence-corrected chi connectivity index (χ1v) is 9.38. The predicted octanol–water partition coefficient (Wildman–Crippen LogP) is 3.81. The Hall–Kier alpha value is -4.20. The van der Waals surface area contributed by atoms with Crippen LogP contribution in [0.25, 0.3) is 5.69 Å². The Morgan fingerprint density at radius 3 is 2.63 bits per heavy atom. The molecule has 1 amide bonds. The zero-order chi connectivity index (χ0) is 20.8. The van der Waals surface area contributed by atoms with Crippen LogP contribution in [-0.4, -0.2) is 32.7 Å². The molecule has 0 fully saturated rings. The minimum absolute atomic E-state index is 0.115. The number of carbonyl (C=O) groups is 1. The molecular formula is C22H20N6O2. The van der Waals surface area contributed by atoms with Crippen LogP contribution in [-0.2, 0) is 4.79 Å². The summed E-state index contributed by atoms with van der Waals surface area (Å²) in [6, 6.07) is 22.5. The maximum absolute atomic E-state index is 12.4. The molecule has 0 saturated carbocycles. The lowest BCUT2D eigenvalue weighted by atomic mass is 10.2. The topological polar surface area (TPSA) is 94.0 Å². The van der Waals surface area contributed by atoms with Crippen molar-refractivity contribution in [3.8, 4) is 17.2 Å². The van der Waals surface area contributed by atoms with E-state index in [9.17, 15) is 4.79 Å². The van der Waals surface area contributed by atoms with Gasteiger partial charge in [0.2, 0.25) is 5.91 Å². The van der Waals surface area contributed by atoms with Gasteiger partial charge in [-0.3, -0.25) is 4.79 Å². The number of hydrogen-bond acceptors (Lipinski definition) is 6. The molecule has 0 atom stereocenters. The fourth-order valence-electron chi connectivity index (χ4n) is 2.87. The number of nitrogens with zero attached hydrogens (tertiary/aromatic N) is 4. The molecule has 0 spiro atoms. The zero-order valence-corrected chi connectivity index (χ0v) is 16.3. The van der Waals surface area contributed by atoms with E-state index in [4.69, 9.17) is 4.74 Å². The van der Waals surface area contributed by atoms with E-state index < -0.39 is 0 Å². The van der Waals surface area contributed by atoms with E-state index in [-0.39, 0.29) is 12.5 Å². The number of aryl methyl sites for hydroxylation is 1. The van der Waals surface area contributed by atoms with Crippen molar-refractivity contribution in [1.29, 1.82) is 0 Å². The van der Waals surface area contributed by atoms with Gasteiger partial charge in [-0.15, -0.1) is 5.10 Å². The second-order valence-electron chi connectivity index (χ2n) is 6.60. The highest BCUT2D eigenvalue weighted by molar-refractivity contribution is 5.94. The molecule has 150 valence electrons. The van der Waals surface area contributed by atoms with Crippen LogP contribution in [0.5, 0.6) is 11.5 Å². The van der Waals surface area contributed by atoms with Gasteiger partial charge in [0.15, 0.2) is 0 Å². The molecule has 4 aromatic rings. The first-order valence-electron chi connectivity index (χ1n) is 9.38. The number of hydrogen-bond donors (Lipinski definition) is 2. The van der Waals surface area contributed by atoms with Crippen molar-refractivity contribution >= 4 is 17.3 Å². The van der Waals surface area contributed by atoms with E-state index in [2.05, 4.69) is 26.2 Å². The fourth-order valence-corrected chi connectivity index (χ4v) is 2.87. The zero-order valence-electron chi connectivity index (χ0n) is 16.3. The molecule has 0 saturated heterocycles. The van der Waals surface area contributed by atoms with Gasteiger partial charge in [0.25, 0.3) is 0 Å². The van der Waals surface area contributed by atoms with Gasteiger partial charge in [-0.05, 0) is 59.3 Å². The van der Waals surface area contributed by atoms with Crippen molar-refractivity contribution in [2.45, 2.75) is 6.92 Å². The van der Waals surface area contributed by atoms with E-state index in [0.29, 0.717) is 11.4 Å². The minimum atomic E-state index is -0.168. The van der Waals surface area contributed by atoms with Crippen LogP contribution in [0.15, 0.2) is 79.1 Å².